The Labute approximate surface area is 111 Å². The summed E-state index contributed by atoms with van der Waals surface area (Å²) >= 11 is 3.54. The summed E-state index contributed by atoms with van der Waals surface area (Å²) < 4.78 is 0. The number of nitrogens with one attached hydrogen (secondary N) is 1. The topological polar surface area (TPSA) is 42.0 Å². The molecule has 0 spiro atoms. The number of carbonyl (C=O) groups is 1. The Morgan fingerprint density at radius 2 is 1.94 bits per heavy atom. The highest BCUT2D eigenvalue weighted by atomic mass is 79.9. The van der Waals surface area contributed by atoms with Crippen molar-refractivity contribution in [1.29, 1.82) is 0 Å². The number of pyridine rings is 1. The van der Waals surface area contributed by atoms with Crippen LogP contribution in [0, 0.1) is 5.41 Å². The molecule has 3 nitrogen and oxygen atoms in total. The highest BCUT2D eigenvalue weighted by Crippen LogP contribution is 2.27. The second kappa shape index (κ2) is 6.74. The standard InChI is InChI=1S/C13H19BrN2O/c1-3-13(4-2,9-14)10-16-12(17)11-5-7-15-8-6-11/h5-8H,3-4,9-10H2,1-2H3,(H,16,17). The fraction of sp³-hybridized carbons (Fsp3) is 0.538. The number of aromatic nitrogens is 1. The summed E-state index contributed by atoms with van der Waals surface area (Å²) in [6.07, 6.45) is 5.36. The average Bonchev–Trinajstić information content (AvgIpc) is 2.41. The SMILES string of the molecule is CCC(CC)(CBr)CNC(=O)c1ccncc1. The molecule has 1 amide bonds. The number of halogens is 1. The molecule has 0 unspecified atom stereocenters. The third-order valence-electron chi connectivity index (χ3n) is 3.35. The van der Waals surface area contributed by atoms with Crippen molar-refractivity contribution < 1.29 is 4.79 Å². The summed E-state index contributed by atoms with van der Waals surface area (Å²) in [6.45, 7) is 5.01. The lowest BCUT2D eigenvalue weighted by Gasteiger charge is -2.29. The van der Waals surface area contributed by atoms with E-state index >= 15 is 0 Å². The lowest BCUT2D eigenvalue weighted by molar-refractivity contribution is 0.0932. The molecule has 0 bridgehead atoms. The maximum atomic E-state index is 11.9. The molecule has 0 radical (unpaired) electrons. The van der Waals surface area contributed by atoms with E-state index in [9.17, 15) is 4.79 Å². The normalized spacial score (nSPS) is 11.2. The zero-order valence-corrected chi connectivity index (χ0v) is 12.0. The molecule has 1 heterocycles. The highest BCUT2D eigenvalue weighted by Gasteiger charge is 2.25. The van der Waals surface area contributed by atoms with Crippen LogP contribution in [0.15, 0.2) is 24.5 Å². The van der Waals surface area contributed by atoms with Crippen LogP contribution in [0.5, 0.6) is 0 Å². The molecule has 1 aromatic rings. The third-order valence-corrected chi connectivity index (χ3v) is 4.54. The first kappa shape index (κ1) is 14.2. The summed E-state index contributed by atoms with van der Waals surface area (Å²) in [7, 11) is 0. The Kier molecular flexibility index (Phi) is 5.62. The molecule has 94 valence electrons. The lowest BCUT2D eigenvalue weighted by atomic mass is 9.84. The Morgan fingerprint density at radius 1 is 1.35 bits per heavy atom. The van der Waals surface area contributed by atoms with E-state index in [-0.39, 0.29) is 11.3 Å². The first-order chi connectivity index (χ1) is 8.17. The van der Waals surface area contributed by atoms with Crippen molar-refractivity contribution >= 4 is 21.8 Å². The fourth-order valence-electron chi connectivity index (χ4n) is 1.61. The van der Waals surface area contributed by atoms with Gasteiger partial charge in [0.1, 0.15) is 0 Å². The fourth-order valence-corrected chi connectivity index (χ4v) is 2.60. The molecular formula is C13H19BrN2O. The van der Waals surface area contributed by atoms with Gasteiger partial charge < -0.3 is 5.32 Å². The number of amides is 1. The van der Waals surface area contributed by atoms with E-state index < -0.39 is 0 Å². The van der Waals surface area contributed by atoms with Gasteiger partial charge in [0, 0.05) is 29.8 Å². The van der Waals surface area contributed by atoms with Crippen molar-refractivity contribution in [3.05, 3.63) is 30.1 Å². The average molecular weight is 299 g/mol. The van der Waals surface area contributed by atoms with Crippen LogP contribution < -0.4 is 5.32 Å². The van der Waals surface area contributed by atoms with Gasteiger partial charge in [0.2, 0.25) is 0 Å². The smallest absolute Gasteiger partial charge is 0.251 e. The largest absolute Gasteiger partial charge is 0.351 e. The minimum absolute atomic E-state index is 0.0281. The molecule has 0 aromatic carbocycles. The zero-order chi connectivity index (χ0) is 12.7. The van der Waals surface area contributed by atoms with Gasteiger partial charge in [0.25, 0.3) is 5.91 Å². The third kappa shape index (κ3) is 3.80. The predicted octanol–water partition coefficient (Wildman–Crippen LogP) is 3.01. The highest BCUT2D eigenvalue weighted by molar-refractivity contribution is 9.09. The Morgan fingerprint density at radius 3 is 2.41 bits per heavy atom. The van der Waals surface area contributed by atoms with Gasteiger partial charge in [0.15, 0.2) is 0 Å². The van der Waals surface area contributed by atoms with Crippen LogP contribution in [0.1, 0.15) is 37.0 Å². The van der Waals surface area contributed by atoms with E-state index in [1.54, 1.807) is 24.5 Å². The zero-order valence-electron chi connectivity index (χ0n) is 10.4. The van der Waals surface area contributed by atoms with Gasteiger partial charge in [-0.25, -0.2) is 0 Å². The summed E-state index contributed by atoms with van der Waals surface area (Å²) in [5.41, 5.74) is 0.818. The van der Waals surface area contributed by atoms with Crippen molar-refractivity contribution in [1.82, 2.24) is 10.3 Å². The van der Waals surface area contributed by atoms with Gasteiger partial charge in [0.05, 0.1) is 0 Å². The molecule has 0 aliphatic rings. The van der Waals surface area contributed by atoms with Crippen molar-refractivity contribution in [3.63, 3.8) is 0 Å². The van der Waals surface area contributed by atoms with Crippen molar-refractivity contribution in [2.75, 3.05) is 11.9 Å². The molecule has 1 aromatic heterocycles. The van der Waals surface area contributed by atoms with Gasteiger partial charge in [-0.3, -0.25) is 9.78 Å². The van der Waals surface area contributed by atoms with Crippen LogP contribution in [0.25, 0.3) is 0 Å². The number of rotatable bonds is 6. The first-order valence-electron chi connectivity index (χ1n) is 5.91. The molecule has 4 heteroatoms. The van der Waals surface area contributed by atoms with Crippen LogP contribution in [0.4, 0.5) is 0 Å². The van der Waals surface area contributed by atoms with E-state index in [2.05, 4.69) is 40.1 Å². The van der Waals surface area contributed by atoms with Gasteiger partial charge in [-0.15, -0.1) is 0 Å². The van der Waals surface area contributed by atoms with Gasteiger partial charge >= 0.3 is 0 Å². The number of hydrogen-bond acceptors (Lipinski definition) is 2. The van der Waals surface area contributed by atoms with E-state index in [0.29, 0.717) is 12.1 Å². The summed E-state index contributed by atoms with van der Waals surface area (Å²) in [4.78, 5) is 15.8. The molecule has 0 atom stereocenters. The number of hydrogen-bond donors (Lipinski definition) is 1. The minimum atomic E-state index is -0.0281. The van der Waals surface area contributed by atoms with Gasteiger partial charge in [-0.2, -0.15) is 0 Å². The Bertz CT molecular complexity index is 341. The molecule has 0 aliphatic heterocycles. The molecule has 0 aliphatic carbocycles. The van der Waals surface area contributed by atoms with E-state index in [1.807, 2.05) is 0 Å². The number of alkyl halides is 1. The minimum Gasteiger partial charge on any atom is -0.351 e. The van der Waals surface area contributed by atoms with Crippen LogP contribution in [-0.4, -0.2) is 22.8 Å². The van der Waals surface area contributed by atoms with Crippen molar-refractivity contribution in [2.45, 2.75) is 26.7 Å². The van der Waals surface area contributed by atoms with Crippen molar-refractivity contribution in [2.24, 2.45) is 5.41 Å². The lowest BCUT2D eigenvalue weighted by Crippen LogP contribution is -2.38. The quantitative estimate of drug-likeness (QED) is 0.820. The van der Waals surface area contributed by atoms with Crippen LogP contribution in [0.2, 0.25) is 0 Å². The van der Waals surface area contributed by atoms with Gasteiger partial charge in [-0.1, -0.05) is 29.8 Å². The Balaban J connectivity index is 2.59. The van der Waals surface area contributed by atoms with Crippen LogP contribution in [-0.2, 0) is 0 Å². The van der Waals surface area contributed by atoms with E-state index in [1.165, 1.54) is 0 Å². The summed E-state index contributed by atoms with van der Waals surface area (Å²) in [5, 5.41) is 3.90. The van der Waals surface area contributed by atoms with E-state index in [4.69, 9.17) is 0 Å². The summed E-state index contributed by atoms with van der Waals surface area (Å²) in [5.74, 6) is -0.0281. The molecule has 0 saturated heterocycles. The summed E-state index contributed by atoms with van der Waals surface area (Å²) in [6, 6.07) is 3.45. The monoisotopic (exact) mass is 298 g/mol. The predicted molar refractivity (Wildman–Crippen MR) is 73.4 cm³/mol. The van der Waals surface area contributed by atoms with Gasteiger partial charge in [-0.05, 0) is 30.4 Å². The maximum absolute atomic E-state index is 11.9. The van der Waals surface area contributed by atoms with E-state index in [0.717, 1.165) is 18.2 Å². The molecule has 1 N–H and O–H groups in total. The molecule has 17 heavy (non-hydrogen) atoms. The molecular weight excluding hydrogens is 280 g/mol. The van der Waals surface area contributed by atoms with Crippen LogP contribution in [0.3, 0.4) is 0 Å². The number of carbonyl (C=O) groups excluding carboxylic acids is 1. The Hall–Kier alpha value is -0.900. The second-order valence-electron chi connectivity index (χ2n) is 4.26. The number of nitrogens with zero attached hydrogens (tertiary/aromatic N) is 1. The molecule has 0 fully saturated rings. The second-order valence-corrected chi connectivity index (χ2v) is 4.82. The molecule has 1 rings (SSSR count). The first-order valence-corrected chi connectivity index (χ1v) is 7.04. The maximum Gasteiger partial charge on any atom is 0.251 e. The molecule has 0 saturated carbocycles. The van der Waals surface area contributed by atoms with Crippen molar-refractivity contribution in [3.8, 4) is 0 Å². The van der Waals surface area contributed by atoms with Crippen LogP contribution >= 0.6 is 15.9 Å².